The van der Waals surface area contributed by atoms with Crippen LogP contribution in [0.15, 0.2) is 47.9 Å². The average Bonchev–Trinajstić information content (AvgIpc) is 3.22. The number of nitrogens with two attached hydrogens (primary N) is 1. The molecular weight excluding hydrogens is 412 g/mol. The van der Waals surface area contributed by atoms with Gasteiger partial charge in [-0.3, -0.25) is 0 Å². The van der Waals surface area contributed by atoms with E-state index < -0.39 is 12.1 Å². The quantitative estimate of drug-likeness (QED) is 0.537. The number of hydrogen-bond acceptors (Lipinski definition) is 9. The highest BCUT2D eigenvalue weighted by atomic mass is 16.5. The first-order valence-electron chi connectivity index (χ1n) is 10.3. The number of nitriles is 1. The highest BCUT2D eigenvalue weighted by Crippen LogP contribution is 2.49. The molecule has 1 saturated heterocycles. The van der Waals surface area contributed by atoms with Gasteiger partial charge in [0.15, 0.2) is 29.2 Å². The van der Waals surface area contributed by atoms with Gasteiger partial charge in [0.1, 0.15) is 6.07 Å². The number of rotatable bonds is 6. The Morgan fingerprint density at radius 3 is 2.47 bits per heavy atom. The number of aromatic hydroxyl groups is 1. The Morgan fingerprint density at radius 1 is 1.06 bits per heavy atom. The van der Waals surface area contributed by atoms with Gasteiger partial charge < -0.3 is 29.8 Å². The van der Waals surface area contributed by atoms with Crippen molar-refractivity contribution >= 4 is 0 Å². The molecule has 9 heteroatoms. The lowest BCUT2D eigenvalue weighted by Crippen LogP contribution is -2.40. The summed E-state index contributed by atoms with van der Waals surface area (Å²) in [4.78, 5) is 0. The maximum atomic E-state index is 10.1. The van der Waals surface area contributed by atoms with Gasteiger partial charge in [-0.05, 0) is 42.3 Å². The molecule has 4 unspecified atom stereocenters. The predicted octanol–water partition coefficient (Wildman–Crippen LogP) is 2.41. The van der Waals surface area contributed by atoms with Gasteiger partial charge in [-0.15, -0.1) is 0 Å². The van der Waals surface area contributed by atoms with Gasteiger partial charge in [-0.25, -0.2) is 10.9 Å². The Hall–Kier alpha value is -3.61. The number of benzene rings is 2. The monoisotopic (exact) mass is 438 g/mol. The third-order valence-electron chi connectivity index (χ3n) is 5.86. The summed E-state index contributed by atoms with van der Waals surface area (Å²) in [6.07, 6.45) is -0.473. The molecular formula is C23H26N4O5. The summed E-state index contributed by atoms with van der Waals surface area (Å²) in [5.74, 6) is 1.05. The number of allylic oxidation sites excluding steroid dienone is 1. The van der Waals surface area contributed by atoms with Gasteiger partial charge in [0.25, 0.3) is 0 Å². The van der Waals surface area contributed by atoms with Gasteiger partial charge in [0, 0.05) is 11.8 Å². The first kappa shape index (κ1) is 21.6. The molecule has 168 valence electrons. The lowest BCUT2D eigenvalue weighted by Gasteiger charge is -2.36. The van der Waals surface area contributed by atoms with Gasteiger partial charge >= 0.3 is 0 Å². The second-order valence-corrected chi connectivity index (χ2v) is 7.52. The first-order valence-corrected chi connectivity index (χ1v) is 10.3. The zero-order chi connectivity index (χ0) is 22.8. The molecule has 32 heavy (non-hydrogen) atoms. The molecule has 2 aromatic carbocycles. The summed E-state index contributed by atoms with van der Waals surface area (Å²) in [6, 6.07) is 12.8. The van der Waals surface area contributed by atoms with Crippen LogP contribution in [-0.2, 0) is 4.74 Å². The first-order chi connectivity index (χ1) is 15.5. The van der Waals surface area contributed by atoms with Crippen molar-refractivity contribution in [1.29, 1.82) is 5.26 Å². The van der Waals surface area contributed by atoms with Crippen LogP contribution in [0.1, 0.15) is 30.0 Å². The molecule has 0 saturated carbocycles. The minimum Gasteiger partial charge on any atom is -0.504 e. The fraction of sp³-hybridized carbons (Fsp3) is 0.348. The van der Waals surface area contributed by atoms with E-state index in [-0.39, 0.29) is 23.6 Å². The van der Waals surface area contributed by atoms with Crippen molar-refractivity contribution in [3.05, 3.63) is 59.0 Å². The molecule has 2 heterocycles. The van der Waals surface area contributed by atoms with Crippen LogP contribution in [0, 0.1) is 17.2 Å². The zero-order valence-corrected chi connectivity index (χ0v) is 18.1. The van der Waals surface area contributed by atoms with Crippen LogP contribution in [0.4, 0.5) is 0 Å². The van der Waals surface area contributed by atoms with E-state index >= 15 is 0 Å². The zero-order valence-electron chi connectivity index (χ0n) is 18.1. The van der Waals surface area contributed by atoms with E-state index in [0.717, 1.165) is 11.1 Å². The highest BCUT2D eigenvalue weighted by molar-refractivity contribution is 5.50. The van der Waals surface area contributed by atoms with Crippen molar-refractivity contribution in [3.63, 3.8) is 0 Å². The third kappa shape index (κ3) is 3.64. The Labute approximate surface area is 186 Å². The number of hydrazine groups is 1. The number of nitrogens with zero attached hydrogens (tertiary/aromatic N) is 1. The maximum absolute atomic E-state index is 10.1. The molecule has 0 aromatic heterocycles. The summed E-state index contributed by atoms with van der Waals surface area (Å²) < 4.78 is 22.3. The second kappa shape index (κ2) is 8.86. The number of fused-ring (bicyclic) bond motifs is 1. The lowest BCUT2D eigenvalue weighted by atomic mass is 9.74. The number of ether oxygens (including phenoxy) is 4. The molecule has 2 aliphatic heterocycles. The minimum absolute atomic E-state index is 0.0192. The standard InChI is InChI=1S/C23H26N4O5/c1-4-31-16-8-6-13(10-18(16)30-3)21-20-19(12-5-7-15(28)17(9-12)29-2)14(11-24)22(25)32-23(20)27-26-21/h5-10,19-21,23,26-28H,4,25H2,1-3H3. The molecule has 4 rings (SSSR count). The smallest absolute Gasteiger partial charge is 0.200 e. The fourth-order valence-corrected chi connectivity index (χ4v) is 4.42. The Kier molecular flexibility index (Phi) is 5.99. The van der Waals surface area contributed by atoms with Crippen molar-refractivity contribution in [2.45, 2.75) is 25.1 Å². The van der Waals surface area contributed by atoms with Crippen molar-refractivity contribution < 1.29 is 24.1 Å². The Balaban J connectivity index is 1.80. The maximum Gasteiger partial charge on any atom is 0.200 e. The number of phenolic OH excluding ortho intramolecular Hbond substituents is 1. The van der Waals surface area contributed by atoms with Gasteiger partial charge in [0.05, 0.1) is 32.4 Å². The van der Waals surface area contributed by atoms with Crippen LogP contribution in [0.3, 0.4) is 0 Å². The second-order valence-electron chi connectivity index (χ2n) is 7.52. The molecule has 4 atom stereocenters. The van der Waals surface area contributed by atoms with Gasteiger partial charge in [-0.1, -0.05) is 12.1 Å². The van der Waals surface area contributed by atoms with Crippen LogP contribution in [0.25, 0.3) is 0 Å². The number of hydrogen-bond donors (Lipinski definition) is 4. The number of phenols is 1. The van der Waals surface area contributed by atoms with Crippen LogP contribution < -0.4 is 30.8 Å². The minimum atomic E-state index is -0.473. The molecule has 0 radical (unpaired) electrons. The van der Waals surface area contributed by atoms with Crippen molar-refractivity contribution in [3.8, 4) is 29.1 Å². The highest BCUT2D eigenvalue weighted by Gasteiger charge is 2.49. The summed E-state index contributed by atoms with van der Waals surface area (Å²) in [5, 5.41) is 20.0. The normalized spacial score (nSPS) is 24.3. The SMILES string of the molecule is CCOc1ccc(C2NNC3OC(N)=C(C#N)C(c4ccc(O)c(OC)c4)C32)cc1OC. The van der Waals surface area contributed by atoms with Crippen molar-refractivity contribution in [2.75, 3.05) is 20.8 Å². The van der Waals surface area contributed by atoms with E-state index in [0.29, 0.717) is 29.4 Å². The van der Waals surface area contributed by atoms with E-state index in [1.165, 1.54) is 7.11 Å². The molecule has 0 bridgehead atoms. The van der Waals surface area contributed by atoms with Crippen LogP contribution in [0.5, 0.6) is 23.0 Å². The predicted molar refractivity (Wildman–Crippen MR) is 116 cm³/mol. The molecule has 2 aromatic rings. The summed E-state index contributed by atoms with van der Waals surface area (Å²) in [5.41, 5.74) is 14.6. The summed E-state index contributed by atoms with van der Waals surface area (Å²) in [6.45, 7) is 2.44. The molecule has 1 fully saturated rings. The molecule has 2 aliphatic rings. The average molecular weight is 438 g/mol. The third-order valence-corrected chi connectivity index (χ3v) is 5.86. The number of methoxy groups -OCH3 is 2. The molecule has 5 N–H and O–H groups in total. The Bertz CT molecular complexity index is 1080. The molecule has 0 aliphatic carbocycles. The molecule has 9 nitrogen and oxygen atoms in total. The molecule has 0 spiro atoms. The van der Waals surface area contributed by atoms with Gasteiger partial charge in [0.2, 0.25) is 5.88 Å². The Morgan fingerprint density at radius 2 is 1.78 bits per heavy atom. The van der Waals surface area contributed by atoms with Crippen molar-refractivity contribution in [1.82, 2.24) is 10.9 Å². The lowest BCUT2D eigenvalue weighted by molar-refractivity contribution is 0.0340. The fourth-order valence-electron chi connectivity index (χ4n) is 4.42. The van der Waals surface area contributed by atoms with Crippen molar-refractivity contribution in [2.24, 2.45) is 11.7 Å². The van der Waals surface area contributed by atoms with E-state index in [2.05, 4.69) is 16.9 Å². The topological polar surface area (TPSA) is 131 Å². The van der Waals surface area contributed by atoms with Crippen LogP contribution in [-0.4, -0.2) is 32.2 Å². The van der Waals surface area contributed by atoms with Gasteiger partial charge in [-0.2, -0.15) is 5.26 Å². The molecule has 0 amide bonds. The largest absolute Gasteiger partial charge is 0.504 e. The van der Waals surface area contributed by atoms with E-state index in [9.17, 15) is 10.4 Å². The van der Waals surface area contributed by atoms with E-state index in [4.69, 9.17) is 24.7 Å². The van der Waals surface area contributed by atoms with E-state index in [1.807, 2.05) is 25.1 Å². The van der Waals surface area contributed by atoms with Crippen LogP contribution >= 0.6 is 0 Å². The number of nitrogens with one attached hydrogen (secondary N) is 2. The van der Waals surface area contributed by atoms with Crippen LogP contribution in [0.2, 0.25) is 0 Å². The van der Waals surface area contributed by atoms with E-state index in [1.54, 1.807) is 25.3 Å². The summed E-state index contributed by atoms with van der Waals surface area (Å²) in [7, 11) is 3.08. The summed E-state index contributed by atoms with van der Waals surface area (Å²) >= 11 is 0.